The molecule has 1 amide bonds. The first kappa shape index (κ1) is 18.8. The van der Waals surface area contributed by atoms with E-state index in [-0.39, 0.29) is 11.9 Å². The smallest absolute Gasteiger partial charge is 0.220 e. The lowest BCUT2D eigenvalue weighted by Gasteiger charge is -2.20. The number of benzene rings is 2. The number of amides is 1. The van der Waals surface area contributed by atoms with Crippen molar-refractivity contribution in [2.24, 2.45) is 0 Å². The Morgan fingerprint density at radius 1 is 1.12 bits per heavy atom. The molecule has 1 N–H and O–H groups in total. The standard InChI is InChI=1S/C20H23Cl2NO/c1-4-19(17-9-5-13(2)11-14(17)3)23-20(24)10-7-15-6-8-16(21)12-18(15)22/h5-6,8-9,11-12,19H,4,7,10H2,1-3H3,(H,23,24). The van der Waals surface area contributed by atoms with Crippen molar-refractivity contribution in [1.82, 2.24) is 5.32 Å². The van der Waals surface area contributed by atoms with Crippen LogP contribution in [0.25, 0.3) is 0 Å². The molecular weight excluding hydrogens is 341 g/mol. The van der Waals surface area contributed by atoms with Crippen molar-refractivity contribution >= 4 is 29.1 Å². The van der Waals surface area contributed by atoms with Crippen LogP contribution in [0.15, 0.2) is 36.4 Å². The Labute approximate surface area is 154 Å². The monoisotopic (exact) mass is 363 g/mol. The Bertz CT molecular complexity index is 728. The summed E-state index contributed by atoms with van der Waals surface area (Å²) in [5.74, 6) is 0.0350. The van der Waals surface area contributed by atoms with Crippen molar-refractivity contribution in [2.75, 3.05) is 0 Å². The summed E-state index contributed by atoms with van der Waals surface area (Å²) < 4.78 is 0. The molecule has 0 heterocycles. The fourth-order valence-electron chi connectivity index (χ4n) is 2.86. The Morgan fingerprint density at radius 3 is 2.50 bits per heavy atom. The average molecular weight is 364 g/mol. The molecule has 0 aliphatic rings. The van der Waals surface area contributed by atoms with Crippen molar-refractivity contribution in [3.8, 4) is 0 Å². The van der Waals surface area contributed by atoms with E-state index >= 15 is 0 Å². The van der Waals surface area contributed by atoms with Gasteiger partial charge >= 0.3 is 0 Å². The van der Waals surface area contributed by atoms with Crippen LogP contribution in [-0.2, 0) is 11.2 Å². The fraction of sp³-hybridized carbons (Fsp3) is 0.350. The van der Waals surface area contributed by atoms with Crippen LogP contribution in [0.5, 0.6) is 0 Å². The van der Waals surface area contributed by atoms with Crippen molar-refractivity contribution in [3.63, 3.8) is 0 Å². The SMILES string of the molecule is CCC(NC(=O)CCc1ccc(Cl)cc1Cl)c1ccc(C)cc1C. The molecule has 24 heavy (non-hydrogen) atoms. The summed E-state index contributed by atoms with van der Waals surface area (Å²) in [6.45, 7) is 6.25. The lowest BCUT2D eigenvalue weighted by atomic mass is 9.97. The zero-order valence-corrected chi connectivity index (χ0v) is 15.8. The van der Waals surface area contributed by atoms with Crippen molar-refractivity contribution in [2.45, 2.75) is 46.1 Å². The number of carbonyl (C=O) groups is 1. The quantitative estimate of drug-likeness (QED) is 0.688. The van der Waals surface area contributed by atoms with Crippen LogP contribution in [0, 0.1) is 13.8 Å². The Morgan fingerprint density at radius 2 is 1.88 bits per heavy atom. The van der Waals surface area contributed by atoms with Gasteiger partial charge in [-0.3, -0.25) is 4.79 Å². The summed E-state index contributed by atoms with van der Waals surface area (Å²) in [5, 5.41) is 4.35. The van der Waals surface area contributed by atoms with Gasteiger partial charge in [0.2, 0.25) is 5.91 Å². The van der Waals surface area contributed by atoms with E-state index in [1.807, 2.05) is 6.07 Å². The highest BCUT2D eigenvalue weighted by Crippen LogP contribution is 2.24. The largest absolute Gasteiger partial charge is 0.349 e. The fourth-order valence-corrected chi connectivity index (χ4v) is 3.36. The van der Waals surface area contributed by atoms with Crippen LogP contribution in [0.3, 0.4) is 0 Å². The number of nitrogens with one attached hydrogen (secondary N) is 1. The predicted molar refractivity (Wildman–Crippen MR) is 102 cm³/mol. The van der Waals surface area contributed by atoms with Gasteiger partial charge < -0.3 is 5.32 Å². The van der Waals surface area contributed by atoms with Gasteiger partial charge in [-0.25, -0.2) is 0 Å². The molecule has 0 fully saturated rings. The second-order valence-electron chi connectivity index (χ2n) is 6.12. The third-order valence-electron chi connectivity index (χ3n) is 4.18. The second kappa shape index (κ2) is 8.55. The van der Waals surface area contributed by atoms with Crippen molar-refractivity contribution < 1.29 is 4.79 Å². The molecule has 0 radical (unpaired) electrons. The van der Waals surface area contributed by atoms with Gasteiger partial charge in [0.25, 0.3) is 0 Å². The van der Waals surface area contributed by atoms with Gasteiger partial charge in [-0.2, -0.15) is 0 Å². The van der Waals surface area contributed by atoms with E-state index < -0.39 is 0 Å². The molecule has 0 spiro atoms. The van der Waals surface area contributed by atoms with E-state index in [9.17, 15) is 4.79 Å². The van der Waals surface area contributed by atoms with Gasteiger partial charge in [0.05, 0.1) is 6.04 Å². The van der Waals surface area contributed by atoms with E-state index in [1.54, 1.807) is 12.1 Å². The molecule has 0 bridgehead atoms. The summed E-state index contributed by atoms with van der Waals surface area (Å²) >= 11 is 12.1. The number of carbonyl (C=O) groups excluding carboxylic acids is 1. The molecule has 0 aliphatic heterocycles. The van der Waals surface area contributed by atoms with Crippen LogP contribution in [0.4, 0.5) is 0 Å². The number of rotatable bonds is 6. The minimum Gasteiger partial charge on any atom is -0.349 e. The lowest BCUT2D eigenvalue weighted by Crippen LogP contribution is -2.28. The van der Waals surface area contributed by atoms with E-state index in [0.29, 0.717) is 22.9 Å². The summed E-state index contributed by atoms with van der Waals surface area (Å²) in [7, 11) is 0. The van der Waals surface area contributed by atoms with E-state index in [2.05, 4.69) is 44.3 Å². The van der Waals surface area contributed by atoms with Gasteiger partial charge in [0.15, 0.2) is 0 Å². The molecule has 1 unspecified atom stereocenters. The topological polar surface area (TPSA) is 29.1 Å². The predicted octanol–water partition coefficient (Wildman–Crippen LogP) is 5.81. The summed E-state index contributed by atoms with van der Waals surface area (Å²) in [6.07, 6.45) is 1.87. The van der Waals surface area contributed by atoms with Crippen LogP contribution < -0.4 is 5.32 Å². The van der Waals surface area contributed by atoms with Crippen LogP contribution in [-0.4, -0.2) is 5.91 Å². The number of aryl methyl sites for hydroxylation is 3. The zero-order chi connectivity index (χ0) is 17.7. The molecule has 128 valence electrons. The van der Waals surface area contributed by atoms with Crippen LogP contribution in [0.1, 0.15) is 48.1 Å². The summed E-state index contributed by atoms with van der Waals surface area (Å²) in [5.41, 5.74) is 4.56. The van der Waals surface area contributed by atoms with Crippen molar-refractivity contribution in [1.29, 1.82) is 0 Å². The normalized spacial score (nSPS) is 12.0. The maximum atomic E-state index is 12.3. The van der Waals surface area contributed by atoms with E-state index in [0.717, 1.165) is 12.0 Å². The van der Waals surface area contributed by atoms with Gasteiger partial charge in [0.1, 0.15) is 0 Å². The van der Waals surface area contributed by atoms with Crippen LogP contribution in [0.2, 0.25) is 10.0 Å². The summed E-state index contributed by atoms with van der Waals surface area (Å²) in [4.78, 5) is 12.3. The maximum Gasteiger partial charge on any atom is 0.220 e. The maximum absolute atomic E-state index is 12.3. The van der Waals surface area contributed by atoms with Gasteiger partial charge in [-0.05, 0) is 55.5 Å². The molecule has 0 aliphatic carbocycles. The molecule has 0 saturated heterocycles. The summed E-state index contributed by atoms with van der Waals surface area (Å²) in [6, 6.07) is 11.8. The molecule has 1 atom stereocenters. The molecule has 2 aromatic rings. The average Bonchev–Trinajstić information content (AvgIpc) is 2.52. The highest BCUT2D eigenvalue weighted by molar-refractivity contribution is 6.35. The lowest BCUT2D eigenvalue weighted by molar-refractivity contribution is -0.121. The zero-order valence-electron chi connectivity index (χ0n) is 14.3. The highest BCUT2D eigenvalue weighted by atomic mass is 35.5. The third-order valence-corrected chi connectivity index (χ3v) is 4.77. The minimum absolute atomic E-state index is 0.0350. The number of hydrogen-bond donors (Lipinski definition) is 1. The number of halogens is 2. The van der Waals surface area contributed by atoms with E-state index in [4.69, 9.17) is 23.2 Å². The molecule has 2 rings (SSSR count). The highest BCUT2D eigenvalue weighted by Gasteiger charge is 2.15. The Balaban J connectivity index is 1.99. The molecule has 0 aromatic heterocycles. The third kappa shape index (κ3) is 4.99. The van der Waals surface area contributed by atoms with Crippen molar-refractivity contribution in [3.05, 3.63) is 68.7 Å². The molecule has 2 nitrogen and oxygen atoms in total. The minimum atomic E-state index is 0.0350. The second-order valence-corrected chi connectivity index (χ2v) is 6.97. The van der Waals surface area contributed by atoms with Gasteiger partial charge in [-0.15, -0.1) is 0 Å². The first-order valence-electron chi connectivity index (χ1n) is 8.21. The molecule has 4 heteroatoms. The molecule has 2 aromatic carbocycles. The van der Waals surface area contributed by atoms with E-state index in [1.165, 1.54) is 16.7 Å². The first-order chi connectivity index (χ1) is 11.4. The molecular formula is C20H23Cl2NO. The van der Waals surface area contributed by atoms with Gasteiger partial charge in [-0.1, -0.05) is 60.0 Å². The Hall–Kier alpha value is -1.51. The number of hydrogen-bond acceptors (Lipinski definition) is 1. The first-order valence-corrected chi connectivity index (χ1v) is 8.96. The Kier molecular flexibility index (Phi) is 6.70. The van der Waals surface area contributed by atoms with Gasteiger partial charge in [0, 0.05) is 16.5 Å². The molecule has 0 saturated carbocycles. The van der Waals surface area contributed by atoms with Crippen LogP contribution >= 0.6 is 23.2 Å².